The third-order valence-corrected chi connectivity index (χ3v) is 3.93. The number of H-pyrrole nitrogens is 1. The highest BCUT2D eigenvalue weighted by atomic mass is 16.5. The standard InChI is InChI=1S/C18H12N4O3/c1-24-15-7-10(4-5-13(15)23)17-11(8-19)16(14-3-2-6-25-14)12-9-20-22-18(12)21-17/h2-7,9,23H,1H3,(H,20,21,22). The van der Waals surface area contributed by atoms with Crippen LogP contribution in [-0.2, 0) is 0 Å². The van der Waals surface area contributed by atoms with Crippen molar-refractivity contribution < 1.29 is 14.3 Å². The monoisotopic (exact) mass is 332 g/mol. The molecule has 1 aromatic carbocycles. The smallest absolute Gasteiger partial charge is 0.161 e. The predicted molar refractivity (Wildman–Crippen MR) is 90.0 cm³/mol. The second-order valence-corrected chi connectivity index (χ2v) is 5.32. The van der Waals surface area contributed by atoms with E-state index in [-0.39, 0.29) is 5.75 Å². The predicted octanol–water partition coefficient (Wildman–Crippen LogP) is 3.47. The Labute approximate surface area is 142 Å². The quantitative estimate of drug-likeness (QED) is 0.595. The summed E-state index contributed by atoms with van der Waals surface area (Å²) >= 11 is 0. The first kappa shape index (κ1) is 14.8. The molecule has 0 bridgehead atoms. The van der Waals surface area contributed by atoms with Gasteiger partial charge in [-0.1, -0.05) is 0 Å². The summed E-state index contributed by atoms with van der Waals surface area (Å²) in [6.45, 7) is 0. The number of hydrogen-bond acceptors (Lipinski definition) is 6. The third kappa shape index (κ3) is 2.28. The van der Waals surface area contributed by atoms with Gasteiger partial charge in [-0.2, -0.15) is 10.4 Å². The average molecular weight is 332 g/mol. The Balaban J connectivity index is 2.07. The van der Waals surface area contributed by atoms with E-state index < -0.39 is 0 Å². The van der Waals surface area contributed by atoms with E-state index >= 15 is 0 Å². The van der Waals surface area contributed by atoms with Crippen molar-refractivity contribution >= 4 is 11.0 Å². The number of nitriles is 1. The number of phenolic OH excluding ortho intramolecular Hbond substituents is 1. The molecule has 2 N–H and O–H groups in total. The van der Waals surface area contributed by atoms with E-state index in [1.807, 2.05) is 0 Å². The van der Waals surface area contributed by atoms with Crippen LogP contribution in [0.1, 0.15) is 5.56 Å². The maximum Gasteiger partial charge on any atom is 0.161 e. The van der Waals surface area contributed by atoms with Crippen molar-refractivity contribution in [2.45, 2.75) is 0 Å². The summed E-state index contributed by atoms with van der Waals surface area (Å²) in [5.41, 5.74) is 2.59. The van der Waals surface area contributed by atoms with Crippen LogP contribution in [0.25, 0.3) is 33.6 Å². The van der Waals surface area contributed by atoms with Crippen LogP contribution in [0.15, 0.2) is 47.2 Å². The molecular formula is C18H12N4O3. The molecule has 0 aliphatic heterocycles. The molecule has 7 nitrogen and oxygen atoms in total. The number of phenols is 1. The third-order valence-electron chi connectivity index (χ3n) is 3.93. The minimum Gasteiger partial charge on any atom is -0.504 e. The summed E-state index contributed by atoms with van der Waals surface area (Å²) < 4.78 is 10.7. The largest absolute Gasteiger partial charge is 0.504 e. The Morgan fingerprint density at radius 3 is 2.92 bits per heavy atom. The van der Waals surface area contributed by atoms with Crippen molar-refractivity contribution in [2.24, 2.45) is 0 Å². The number of methoxy groups -OCH3 is 1. The second kappa shape index (κ2) is 5.69. The van der Waals surface area contributed by atoms with Gasteiger partial charge in [0.25, 0.3) is 0 Å². The molecule has 0 saturated carbocycles. The molecule has 0 radical (unpaired) electrons. The van der Waals surface area contributed by atoms with Gasteiger partial charge < -0.3 is 14.3 Å². The maximum atomic E-state index is 9.81. The van der Waals surface area contributed by atoms with E-state index in [1.165, 1.54) is 13.2 Å². The van der Waals surface area contributed by atoms with Crippen LogP contribution in [-0.4, -0.2) is 27.4 Å². The van der Waals surface area contributed by atoms with E-state index in [4.69, 9.17) is 9.15 Å². The van der Waals surface area contributed by atoms with E-state index in [0.717, 1.165) is 0 Å². The van der Waals surface area contributed by atoms with Crippen molar-refractivity contribution in [1.29, 1.82) is 5.26 Å². The molecule has 4 aromatic rings. The topological polar surface area (TPSA) is 108 Å². The van der Waals surface area contributed by atoms with Crippen LogP contribution in [0.3, 0.4) is 0 Å². The molecule has 3 heterocycles. The van der Waals surface area contributed by atoms with Crippen LogP contribution >= 0.6 is 0 Å². The van der Waals surface area contributed by atoms with Gasteiger partial charge in [-0.15, -0.1) is 0 Å². The molecular weight excluding hydrogens is 320 g/mol. The van der Waals surface area contributed by atoms with E-state index in [0.29, 0.717) is 44.9 Å². The minimum absolute atomic E-state index is 0.0126. The lowest BCUT2D eigenvalue weighted by atomic mass is 9.98. The molecule has 4 rings (SSSR count). The van der Waals surface area contributed by atoms with Crippen LogP contribution in [0.2, 0.25) is 0 Å². The molecule has 122 valence electrons. The Hall–Kier alpha value is -3.79. The van der Waals surface area contributed by atoms with Crippen molar-refractivity contribution in [3.63, 3.8) is 0 Å². The Morgan fingerprint density at radius 2 is 2.20 bits per heavy atom. The number of benzene rings is 1. The zero-order valence-electron chi connectivity index (χ0n) is 13.1. The number of nitrogens with zero attached hydrogens (tertiary/aromatic N) is 3. The highest BCUT2D eigenvalue weighted by molar-refractivity contribution is 5.97. The fourth-order valence-electron chi connectivity index (χ4n) is 2.79. The molecule has 7 heteroatoms. The first-order chi connectivity index (χ1) is 12.2. The summed E-state index contributed by atoms with van der Waals surface area (Å²) in [6, 6.07) is 10.6. The molecule has 3 aromatic heterocycles. The number of pyridine rings is 1. The van der Waals surface area contributed by atoms with Crippen LogP contribution in [0.4, 0.5) is 0 Å². The van der Waals surface area contributed by atoms with Crippen molar-refractivity contribution in [3.8, 4) is 40.1 Å². The van der Waals surface area contributed by atoms with Gasteiger partial charge in [0.15, 0.2) is 17.1 Å². The molecule has 0 fully saturated rings. The van der Waals surface area contributed by atoms with Crippen LogP contribution in [0.5, 0.6) is 11.5 Å². The SMILES string of the molecule is COc1cc(-c2nc3[nH]ncc3c(-c3ccco3)c2C#N)ccc1O. The van der Waals surface area contributed by atoms with E-state index in [2.05, 4.69) is 21.3 Å². The van der Waals surface area contributed by atoms with Gasteiger partial charge in [0, 0.05) is 11.1 Å². The zero-order chi connectivity index (χ0) is 17.4. The fourth-order valence-corrected chi connectivity index (χ4v) is 2.79. The molecule has 0 atom stereocenters. The maximum absolute atomic E-state index is 9.81. The number of aromatic nitrogens is 3. The molecule has 0 spiro atoms. The number of rotatable bonds is 3. The molecule has 0 amide bonds. The Kier molecular flexibility index (Phi) is 3.36. The average Bonchev–Trinajstić information content (AvgIpc) is 3.32. The first-order valence-corrected chi connectivity index (χ1v) is 7.41. The van der Waals surface area contributed by atoms with Crippen molar-refractivity contribution in [3.05, 3.63) is 48.4 Å². The van der Waals surface area contributed by atoms with E-state index in [1.54, 1.807) is 36.7 Å². The van der Waals surface area contributed by atoms with Gasteiger partial charge in [0.2, 0.25) is 0 Å². The molecule has 0 aliphatic rings. The number of furan rings is 1. The lowest BCUT2D eigenvalue weighted by Gasteiger charge is -2.10. The number of nitrogens with one attached hydrogen (secondary N) is 1. The summed E-state index contributed by atoms with van der Waals surface area (Å²) in [4.78, 5) is 4.53. The fraction of sp³-hybridized carbons (Fsp3) is 0.0556. The number of fused-ring (bicyclic) bond motifs is 1. The van der Waals surface area contributed by atoms with Crippen molar-refractivity contribution in [2.75, 3.05) is 7.11 Å². The minimum atomic E-state index is 0.0126. The molecule has 25 heavy (non-hydrogen) atoms. The van der Waals surface area contributed by atoms with Crippen LogP contribution < -0.4 is 4.74 Å². The number of hydrogen-bond donors (Lipinski definition) is 2. The second-order valence-electron chi connectivity index (χ2n) is 5.32. The van der Waals surface area contributed by atoms with Gasteiger partial charge in [0.05, 0.1) is 36.2 Å². The number of ether oxygens (including phenoxy) is 1. The van der Waals surface area contributed by atoms with Crippen molar-refractivity contribution in [1.82, 2.24) is 15.2 Å². The Bertz CT molecular complexity index is 1110. The van der Waals surface area contributed by atoms with Crippen LogP contribution in [0, 0.1) is 11.3 Å². The van der Waals surface area contributed by atoms with E-state index in [9.17, 15) is 10.4 Å². The van der Waals surface area contributed by atoms with Gasteiger partial charge in [-0.3, -0.25) is 5.10 Å². The normalized spacial score (nSPS) is 10.7. The van der Waals surface area contributed by atoms with Gasteiger partial charge in [-0.25, -0.2) is 4.98 Å². The lowest BCUT2D eigenvalue weighted by Crippen LogP contribution is -1.96. The summed E-state index contributed by atoms with van der Waals surface area (Å²) in [5.74, 6) is 0.864. The van der Waals surface area contributed by atoms with Gasteiger partial charge in [-0.05, 0) is 30.3 Å². The molecule has 0 saturated heterocycles. The molecule has 0 unspecified atom stereocenters. The van der Waals surface area contributed by atoms with Gasteiger partial charge >= 0.3 is 0 Å². The highest BCUT2D eigenvalue weighted by Crippen LogP contribution is 2.38. The number of aromatic amines is 1. The Morgan fingerprint density at radius 1 is 1.32 bits per heavy atom. The summed E-state index contributed by atoms with van der Waals surface area (Å²) in [6.07, 6.45) is 3.16. The lowest BCUT2D eigenvalue weighted by molar-refractivity contribution is 0.373. The molecule has 0 aliphatic carbocycles. The van der Waals surface area contributed by atoms with Gasteiger partial charge in [0.1, 0.15) is 11.8 Å². The summed E-state index contributed by atoms with van der Waals surface area (Å²) in [5, 5.41) is 27.2. The first-order valence-electron chi connectivity index (χ1n) is 7.41. The summed E-state index contributed by atoms with van der Waals surface area (Å²) in [7, 11) is 1.46. The zero-order valence-corrected chi connectivity index (χ0v) is 13.1. The number of aromatic hydroxyl groups is 1. The highest BCUT2D eigenvalue weighted by Gasteiger charge is 2.21.